The summed E-state index contributed by atoms with van der Waals surface area (Å²) in [7, 11) is 0. The van der Waals surface area contributed by atoms with E-state index in [0.29, 0.717) is 0 Å². The summed E-state index contributed by atoms with van der Waals surface area (Å²) in [5.74, 6) is 1.19. The number of rotatable bonds is 5. The second-order valence-corrected chi connectivity index (χ2v) is 7.65. The minimum Gasteiger partial charge on any atom is -0.371 e. The van der Waals surface area contributed by atoms with E-state index in [1.54, 1.807) is 12.4 Å². The molecule has 1 fully saturated rings. The summed E-state index contributed by atoms with van der Waals surface area (Å²) in [5.41, 5.74) is 2.67. The van der Waals surface area contributed by atoms with Crippen molar-refractivity contribution < 1.29 is 5.11 Å². The Balaban J connectivity index is 1.44. The predicted molar refractivity (Wildman–Crippen MR) is 103 cm³/mol. The number of benzene rings is 1. The van der Waals surface area contributed by atoms with Crippen molar-refractivity contribution in [2.75, 3.05) is 6.54 Å². The number of hydrogen-bond donors (Lipinski definition) is 2. The number of fused-ring (bicyclic) bond motifs is 3. The molecule has 138 valence electrons. The van der Waals surface area contributed by atoms with Crippen molar-refractivity contribution in [3.05, 3.63) is 83.7 Å². The topological polar surface area (TPSA) is 65.0 Å². The maximum absolute atomic E-state index is 11.9. The van der Waals surface area contributed by atoms with Crippen LogP contribution < -0.4 is 0 Å². The fourth-order valence-electron chi connectivity index (χ4n) is 5.01. The number of aromatic nitrogens is 3. The Kier molecular flexibility index (Phi) is 4.06. The van der Waals surface area contributed by atoms with Crippen LogP contribution in [-0.2, 0) is 18.6 Å². The highest BCUT2D eigenvalue weighted by Gasteiger charge is 2.56. The van der Waals surface area contributed by atoms with Gasteiger partial charge in [0.25, 0.3) is 0 Å². The number of H-pyrrole nitrogens is 1. The molecule has 0 unspecified atom stereocenters. The normalized spacial score (nSPS) is 26.9. The van der Waals surface area contributed by atoms with Crippen LogP contribution in [0.15, 0.2) is 61.2 Å². The maximum Gasteiger partial charge on any atom is 0.148 e. The Labute approximate surface area is 159 Å². The highest BCUT2D eigenvalue weighted by atomic mass is 16.3. The minimum absolute atomic E-state index is 0.167. The third-order valence-electron chi connectivity index (χ3n) is 6.26. The molecule has 0 saturated carbocycles. The lowest BCUT2D eigenvalue weighted by atomic mass is 9.85. The van der Waals surface area contributed by atoms with E-state index in [9.17, 15) is 5.11 Å². The highest BCUT2D eigenvalue weighted by molar-refractivity contribution is 5.41. The maximum atomic E-state index is 11.9. The molecule has 3 atom stereocenters. The number of imidazole rings is 1. The van der Waals surface area contributed by atoms with Gasteiger partial charge in [0, 0.05) is 55.3 Å². The molecular weight excluding hydrogens is 336 g/mol. The van der Waals surface area contributed by atoms with Crippen molar-refractivity contribution in [3.63, 3.8) is 0 Å². The van der Waals surface area contributed by atoms with Gasteiger partial charge in [-0.1, -0.05) is 30.3 Å². The summed E-state index contributed by atoms with van der Waals surface area (Å²) < 4.78 is 0. The molecule has 2 aliphatic rings. The lowest BCUT2D eigenvalue weighted by Crippen LogP contribution is -2.42. The number of aromatic amines is 1. The number of pyridine rings is 1. The first-order chi connectivity index (χ1) is 13.3. The third kappa shape index (κ3) is 2.69. The lowest BCUT2D eigenvalue weighted by Gasteiger charge is -2.35. The summed E-state index contributed by atoms with van der Waals surface area (Å²) in [6.07, 6.45) is 11.1. The number of aliphatic hydroxyl groups is 1. The predicted octanol–water partition coefficient (Wildman–Crippen LogP) is 3.20. The summed E-state index contributed by atoms with van der Waals surface area (Å²) in [6, 6.07) is 12.6. The largest absolute Gasteiger partial charge is 0.371 e. The molecule has 0 spiro atoms. The fourth-order valence-corrected chi connectivity index (χ4v) is 5.01. The van der Waals surface area contributed by atoms with Crippen molar-refractivity contribution in [2.45, 2.75) is 37.5 Å². The van der Waals surface area contributed by atoms with E-state index < -0.39 is 5.72 Å². The van der Waals surface area contributed by atoms with E-state index in [1.807, 2.05) is 24.5 Å². The van der Waals surface area contributed by atoms with E-state index in [4.69, 9.17) is 0 Å². The standard InChI is InChI=1S/C22H24N4O/c27-22-17(8-7-16-4-3-10-23-15-16)9-13-26(22)20(14-21-24-11-12-25-21)18-5-1-2-6-19(18)22/h1-6,10-12,15,17,20,27H,7-9,13-14H2,(H,24,25)/t17-,20-,22-/m0/s1. The Morgan fingerprint density at radius 1 is 1.19 bits per heavy atom. The summed E-state index contributed by atoms with van der Waals surface area (Å²) in [5, 5.41) is 11.9. The molecular formula is C22H24N4O. The van der Waals surface area contributed by atoms with Crippen LogP contribution >= 0.6 is 0 Å². The average molecular weight is 360 g/mol. The third-order valence-corrected chi connectivity index (χ3v) is 6.26. The summed E-state index contributed by atoms with van der Waals surface area (Å²) in [4.78, 5) is 14.2. The smallest absolute Gasteiger partial charge is 0.148 e. The molecule has 0 amide bonds. The van der Waals surface area contributed by atoms with Crippen LogP contribution in [0, 0.1) is 5.92 Å². The number of hydrogen-bond acceptors (Lipinski definition) is 4. The average Bonchev–Trinajstić information content (AvgIpc) is 3.38. The van der Waals surface area contributed by atoms with Crippen molar-refractivity contribution in [1.82, 2.24) is 19.9 Å². The van der Waals surface area contributed by atoms with E-state index in [1.165, 1.54) is 11.1 Å². The molecule has 1 saturated heterocycles. The van der Waals surface area contributed by atoms with E-state index in [2.05, 4.69) is 44.1 Å². The SMILES string of the molecule is O[C@@]12c3ccccc3[C@H](Cc3ncc[nH]3)N1CC[C@@H]2CCc1cccnc1. The first kappa shape index (κ1) is 16.7. The molecule has 5 rings (SSSR count). The van der Waals surface area contributed by atoms with Gasteiger partial charge >= 0.3 is 0 Å². The van der Waals surface area contributed by atoms with Crippen LogP contribution in [0.1, 0.15) is 41.4 Å². The Morgan fingerprint density at radius 3 is 2.93 bits per heavy atom. The molecule has 3 aromatic rings. The quantitative estimate of drug-likeness (QED) is 0.733. The van der Waals surface area contributed by atoms with Gasteiger partial charge in [0.1, 0.15) is 11.5 Å². The van der Waals surface area contributed by atoms with E-state index in [0.717, 1.165) is 43.6 Å². The van der Waals surface area contributed by atoms with Crippen molar-refractivity contribution in [3.8, 4) is 0 Å². The molecule has 1 aromatic carbocycles. The first-order valence-corrected chi connectivity index (χ1v) is 9.72. The van der Waals surface area contributed by atoms with Crippen LogP contribution in [0.4, 0.5) is 0 Å². The second-order valence-electron chi connectivity index (χ2n) is 7.65. The van der Waals surface area contributed by atoms with Gasteiger partial charge in [0.2, 0.25) is 0 Å². The van der Waals surface area contributed by atoms with Crippen LogP contribution in [0.2, 0.25) is 0 Å². The van der Waals surface area contributed by atoms with Gasteiger partial charge in [-0.3, -0.25) is 9.88 Å². The van der Waals surface area contributed by atoms with E-state index >= 15 is 0 Å². The van der Waals surface area contributed by atoms with Gasteiger partial charge in [0.05, 0.1) is 0 Å². The monoisotopic (exact) mass is 360 g/mol. The number of nitrogens with zero attached hydrogens (tertiary/aromatic N) is 3. The highest BCUT2D eigenvalue weighted by Crippen LogP contribution is 2.55. The molecule has 2 aliphatic heterocycles. The number of nitrogens with one attached hydrogen (secondary N) is 1. The summed E-state index contributed by atoms with van der Waals surface area (Å²) in [6.45, 7) is 0.911. The zero-order valence-corrected chi connectivity index (χ0v) is 15.3. The molecule has 5 nitrogen and oxygen atoms in total. The second kappa shape index (κ2) is 6.59. The molecule has 27 heavy (non-hydrogen) atoms. The van der Waals surface area contributed by atoms with Gasteiger partial charge < -0.3 is 10.1 Å². The molecule has 2 aromatic heterocycles. The molecule has 0 radical (unpaired) electrons. The Bertz CT molecular complexity index is 911. The lowest BCUT2D eigenvalue weighted by molar-refractivity contribution is -0.122. The van der Waals surface area contributed by atoms with Crippen molar-refractivity contribution >= 4 is 0 Å². The molecule has 5 heteroatoms. The van der Waals surface area contributed by atoms with Gasteiger partial charge in [-0.15, -0.1) is 0 Å². The van der Waals surface area contributed by atoms with Crippen LogP contribution in [0.5, 0.6) is 0 Å². The number of aryl methyl sites for hydroxylation is 1. The van der Waals surface area contributed by atoms with Crippen LogP contribution in [-0.4, -0.2) is 31.5 Å². The van der Waals surface area contributed by atoms with Crippen molar-refractivity contribution in [2.24, 2.45) is 5.92 Å². The zero-order valence-electron chi connectivity index (χ0n) is 15.3. The molecule has 2 N–H and O–H groups in total. The molecule has 0 aliphatic carbocycles. The van der Waals surface area contributed by atoms with Gasteiger partial charge in [0.15, 0.2) is 0 Å². The van der Waals surface area contributed by atoms with Gasteiger partial charge in [-0.2, -0.15) is 0 Å². The van der Waals surface area contributed by atoms with Gasteiger partial charge in [-0.25, -0.2) is 4.98 Å². The van der Waals surface area contributed by atoms with Crippen LogP contribution in [0.3, 0.4) is 0 Å². The fraction of sp³-hybridized carbons (Fsp3) is 0.364. The molecule has 0 bridgehead atoms. The van der Waals surface area contributed by atoms with Crippen molar-refractivity contribution in [1.29, 1.82) is 0 Å². The summed E-state index contributed by atoms with van der Waals surface area (Å²) >= 11 is 0. The Hall–Kier alpha value is -2.50. The van der Waals surface area contributed by atoms with Crippen LogP contribution in [0.25, 0.3) is 0 Å². The minimum atomic E-state index is -0.879. The zero-order chi connectivity index (χ0) is 18.3. The molecule has 4 heterocycles. The Morgan fingerprint density at radius 2 is 2.11 bits per heavy atom. The first-order valence-electron chi connectivity index (χ1n) is 9.72. The van der Waals surface area contributed by atoms with E-state index in [-0.39, 0.29) is 12.0 Å². The van der Waals surface area contributed by atoms with Gasteiger partial charge in [-0.05, 0) is 36.5 Å².